The zero-order chi connectivity index (χ0) is 13.9. The van der Waals surface area contributed by atoms with Gasteiger partial charge in [0.25, 0.3) is 6.69 Å². The molecule has 0 rings (SSSR count). The average Bonchev–Trinajstić information content (AvgIpc) is 2.31. The molecule has 18 heavy (non-hydrogen) atoms. The molecule has 0 aromatic heterocycles. The van der Waals surface area contributed by atoms with Crippen molar-refractivity contribution in [2.24, 2.45) is 0 Å². The third-order valence-electron chi connectivity index (χ3n) is 3.51. The van der Waals surface area contributed by atoms with Crippen LogP contribution < -0.4 is 0 Å². The second kappa shape index (κ2) is 11.4. The van der Waals surface area contributed by atoms with Crippen molar-refractivity contribution in [3.05, 3.63) is 12.7 Å². The Balaban J connectivity index is 3.24. The average molecular weight is 309 g/mol. The van der Waals surface area contributed by atoms with Gasteiger partial charge in [-0.1, -0.05) is 64.9 Å². The molecule has 3 heteroatoms. The van der Waals surface area contributed by atoms with Crippen molar-refractivity contribution in [2.45, 2.75) is 83.2 Å². The topological polar surface area (TPSA) is 0 Å². The SMILES string of the molecule is C=CCCCCCCCCCC[Si](Cl)(Cl)C(C)C. The van der Waals surface area contributed by atoms with E-state index in [2.05, 4.69) is 20.4 Å². The molecule has 0 aromatic carbocycles. The van der Waals surface area contributed by atoms with Gasteiger partial charge in [0.2, 0.25) is 0 Å². The predicted molar refractivity (Wildman–Crippen MR) is 89.1 cm³/mol. The highest BCUT2D eigenvalue weighted by Crippen LogP contribution is 2.34. The molecule has 0 N–H and O–H groups in total. The third-order valence-corrected chi connectivity index (χ3v) is 9.98. The zero-order valence-corrected chi connectivity index (χ0v) is 14.7. The normalized spacial score (nSPS) is 12.1. The minimum absolute atomic E-state index is 0.477. The van der Waals surface area contributed by atoms with Gasteiger partial charge in [-0.2, -0.15) is 0 Å². The Morgan fingerprint density at radius 3 is 1.78 bits per heavy atom. The van der Waals surface area contributed by atoms with E-state index in [0.717, 1.165) is 6.04 Å². The summed E-state index contributed by atoms with van der Waals surface area (Å²) in [4.78, 5) is 0. The second-order valence-electron chi connectivity index (χ2n) is 5.57. The fourth-order valence-electron chi connectivity index (χ4n) is 2.00. The first kappa shape index (κ1) is 18.5. The fraction of sp³-hybridized carbons (Fsp3) is 0.867. The van der Waals surface area contributed by atoms with Crippen LogP contribution in [0.15, 0.2) is 12.7 Å². The summed E-state index contributed by atoms with van der Waals surface area (Å²) in [6, 6.07) is 1.06. The van der Waals surface area contributed by atoms with E-state index in [0.29, 0.717) is 5.54 Å². The monoisotopic (exact) mass is 308 g/mol. The van der Waals surface area contributed by atoms with Gasteiger partial charge in [0, 0.05) is 0 Å². The molecule has 0 spiro atoms. The molecule has 0 aliphatic heterocycles. The number of hydrogen-bond donors (Lipinski definition) is 0. The minimum atomic E-state index is -1.94. The maximum absolute atomic E-state index is 6.38. The molecule has 0 radical (unpaired) electrons. The van der Waals surface area contributed by atoms with Gasteiger partial charge in [0.15, 0.2) is 0 Å². The summed E-state index contributed by atoms with van der Waals surface area (Å²) < 4.78 is 0. The fourth-order valence-corrected chi connectivity index (χ4v) is 4.10. The van der Waals surface area contributed by atoms with Crippen LogP contribution in [0.5, 0.6) is 0 Å². The van der Waals surface area contributed by atoms with E-state index in [-0.39, 0.29) is 0 Å². The largest absolute Gasteiger partial charge is 0.253 e. The smallest absolute Gasteiger partial charge is 0.146 e. The predicted octanol–water partition coefficient (Wildman–Crippen LogP) is 7.01. The lowest BCUT2D eigenvalue weighted by atomic mass is 10.1. The van der Waals surface area contributed by atoms with Gasteiger partial charge in [0.05, 0.1) is 0 Å². The maximum atomic E-state index is 6.38. The molecule has 0 atom stereocenters. The van der Waals surface area contributed by atoms with E-state index >= 15 is 0 Å². The first-order valence-electron chi connectivity index (χ1n) is 7.49. The van der Waals surface area contributed by atoms with Gasteiger partial charge >= 0.3 is 0 Å². The van der Waals surface area contributed by atoms with Crippen molar-refractivity contribution in [1.29, 1.82) is 0 Å². The Morgan fingerprint density at radius 1 is 0.889 bits per heavy atom. The van der Waals surface area contributed by atoms with Gasteiger partial charge in [-0.3, -0.25) is 0 Å². The highest BCUT2D eigenvalue weighted by molar-refractivity contribution is 7.45. The van der Waals surface area contributed by atoms with Crippen molar-refractivity contribution in [1.82, 2.24) is 0 Å². The lowest BCUT2D eigenvalue weighted by molar-refractivity contribution is 0.577. The van der Waals surface area contributed by atoms with E-state index in [9.17, 15) is 0 Å². The molecule has 0 saturated carbocycles. The van der Waals surface area contributed by atoms with Crippen LogP contribution in [-0.4, -0.2) is 6.69 Å². The molecule has 0 fully saturated rings. The van der Waals surface area contributed by atoms with Crippen molar-refractivity contribution in [3.63, 3.8) is 0 Å². The summed E-state index contributed by atoms with van der Waals surface area (Å²) >= 11 is 12.8. The van der Waals surface area contributed by atoms with Gasteiger partial charge in [-0.05, 0) is 24.4 Å². The van der Waals surface area contributed by atoms with E-state index in [1.807, 2.05) is 6.08 Å². The van der Waals surface area contributed by atoms with Gasteiger partial charge in [-0.15, -0.1) is 28.7 Å². The highest BCUT2D eigenvalue weighted by Gasteiger charge is 2.31. The number of allylic oxidation sites excluding steroid dienone is 1. The molecular formula is C15H30Cl2Si. The Bertz CT molecular complexity index is 203. The molecule has 0 aliphatic rings. The van der Waals surface area contributed by atoms with Crippen LogP contribution in [0.25, 0.3) is 0 Å². The molecule has 0 nitrogen and oxygen atoms in total. The van der Waals surface area contributed by atoms with Crippen molar-refractivity contribution < 1.29 is 0 Å². The standard InChI is InChI=1S/C15H30Cl2Si/c1-4-5-6-7-8-9-10-11-12-13-14-18(16,17)15(2)3/h4,15H,1,5-14H2,2-3H3. The third kappa shape index (κ3) is 10.5. The van der Waals surface area contributed by atoms with Crippen LogP contribution in [0.2, 0.25) is 11.6 Å². The van der Waals surface area contributed by atoms with E-state index < -0.39 is 6.69 Å². The zero-order valence-electron chi connectivity index (χ0n) is 12.2. The van der Waals surface area contributed by atoms with Crippen molar-refractivity contribution in [2.75, 3.05) is 0 Å². The van der Waals surface area contributed by atoms with Gasteiger partial charge in [-0.25, -0.2) is 0 Å². The molecule has 0 aromatic rings. The van der Waals surface area contributed by atoms with Crippen LogP contribution in [0.3, 0.4) is 0 Å². The molecule has 108 valence electrons. The van der Waals surface area contributed by atoms with E-state index in [1.165, 1.54) is 57.8 Å². The Labute approximate surface area is 125 Å². The van der Waals surface area contributed by atoms with E-state index in [4.69, 9.17) is 22.2 Å². The summed E-state index contributed by atoms with van der Waals surface area (Å²) in [6.45, 7) is 6.10. The molecular weight excluding hydrogens is 279 g/mol. The second-order valence-corrected chi connectivity index (χ2v) is 13.4. The highest BCUT2D eigenvalue weighted by atomic mass is 35.7. The number of unbranched alkanes of at least 4 members (excludes halogenated alkanes) is 8. The summed E-state index contributed by atoms with van der Waals surface area (Å²) in [5, 5.41) is 0. The first-order valence-corrected chi connectivity index (χ1v) is 11.8. The van der Waals surface area contributed by atoms with Gasteiger partial charge in [0.1, 0.15) is 0 Å². The lowest BCUT2D eigenvalue weighted by Crippen LogP contribution is -2.22. The lowest BCUT2D eigenvalue weighted by Gasteiger charge is -2.20. The maximum Gasteiger partial charge on any atom is 0.253 e. The van der Waals surface area contributed by atoms with Crippen molar-refractivity contribution in [3.8, 4) is 0 Å². The summed E-state index contributed by atoms with van der Waals surface area (Å²) in [7, 11) is 0. The van der Waals surface area contributed by atoms with Crippen LogP contribution in [0, 0.1) is 0 Å². The van der Waals surface area contributed by atoms with Crippen LogP contribution in [-0.2, 0) is 0 Å². The number of rotatable bonds is 12. The molecule has 0 aliphatic carbocycles. The number of halogens is 2. The quantitative estimate of drug-likeness (QED) is 0.157. The van der Waals surface area contributed by atoms with Crippen LogP contribution in [0.4, 0.5) is 0 Å². The van der Waals surface area contributed by atoms with Crippen LogP contribution in [0.1, 0.15) is 71.6 Å². The van der Waals surface area contributed by atoms with Crippen LogP contribution >= 0.6 is 22.2 Å². The summed E-state index contributed by atoms with van der Waals surface area (Å²) in [6.07, 6.45) is 13.9. The molecule has 0 unspecified atom stereocenters. The summed E-state index contributed by atoms with van der Waals surface area (Å²) in [5.74, 6) is 0. The molecule has 0 heterocycles. The summed E-state index contributed by atoms with van der Waals surface area (Å²) in [5.41, 5.74) is 0.477. The first-order chi connectivity index (χ1) is 8.50. The molecule has 0 amide bonds. The number of hydrogen-bond acceptors (Lipinski definition) is 0. The van der Waals surface area contributed by atoms with Gasteiger partial charge < -0.3 is 0 Å². The molecule has 0 saturated heterocycles. The Kier molecular flexibility index (Phi) is 11.7. The minimum Gasteiger partial charge on any atom is -0.146 e. The molecule has 0 bridgehead atoms. The van der Waals surface area contributed by atoms with Crippen molar-refractivity contribution >= 4 is 28.9 Å². The Morgan fingerprint density at radius 2 is 1.33 bits per heavy atom. The Hall–Kier alpha value is 0.537. The van der Waals surface area contributed by atoms with E-state index in [1.54, 1.807) is 0 Å².